The fourth-order valence-electron chi connectivity index (χ4n) is 3.69. The molecular formula is C22H37N3O2. The van der Waals surface area contributed by atoms with E-state index < -0.39 is 5.60 Å². The monoisotopic (exact) mass is 375 g/mol. The van der Waals surface area contributed by atoms with Crippen molar-refractivity contribution in [3.05, 3.63) is 23.9 Å². The highest BCUT2D eigenvalue weighted by Crippen LogP contribution is 2.36. The number of ether oxygens (including phenoxy) is 1. The lowest BCUT2D eigenvalue weighted by molar-refractivity contribution is 0.0578. The van der Waals surface area contributed by atoms with Crippen LogP contribution in [0.15, 0.2) is 18.3 Å². The fraction of sp³-hybridized carbons (Fsp3) is 0.727. The molecule has 0 saturated carbocycles. The Kier molecular flexibility index (Phi) is 8.08. The molecule has 5 nitrogen and oxygen atoms in total. The summed E-state index contributed by atoms with van der Waals surface area (Å²) in [4.78, 5) is 21.8. The van der Waals surface area contributed by atoms with Gasteiger partial charge in [-0.25, -0.2) is 9.78 Å². The van der Waals surface area contributed by atoms with E-state index >= 15 is 0 Å². The van der Waals surface area contributed by atoms with Gasteiger partial charge < -0.3 is 4.74 Å². The Morgan fingerprint density at radius 1 is 1.30 bits per heavy atom. The van der Waals surface area contributed by atoms with Gasteiger partial charge in [0.1, 0.15) is 11.4 Å². The highest BCUT2D eigenvalue weighted by atomic mass is 16.6. The first-order valence-electron chi connectivity index (χ1n) is 10.6. The maximum atomic E-state index is 12.9. The van der Waals surface area contributed by atoms with E-state index in [1.807, 2.05) is 26.8 Å². The highest BCUT2D eigenvalue weighted by Gasteiger charge is 2.30. The zero-order chi connectivity index (χ0) is 19.9. The predicted molar refractivity (Wildman–Crippen MR) is 111 cm³/mol. The molecule has 1 fully saturated rings. The van der Waals surface area contributed by atoms with Gasteiger partial charge in [-0.15, -0.1) is 0 Å². The standard InChI is InChI=1S/C22H37N3O2/c1-6-8-16-24-17-10-9-13-19(24)18-12-11-14-23-20(18)25(15-7-2)21(26)27-22(3,4)5/h11-12,14,19H,6-10,13,15-17H2,1-5H3. The van der Waals surface area contributed by atoms with Gasteiger partial charge in [0.25, 0.3) is 0 Å². The summed E-state index contributed by atoms with van der Waals surface area (Å²) in [5.74, 6) is 0.766. The van der Waals surface area contributed by atoms with Crippen molar-refractivity contribution in [2.24, 2.45) is 0 Å². The Morgan fingerprint density at radius 2 is 2.07 bits per heavy atom. The van der Waals surface area contributed by atoms with Crippen LogP contribution in [0.2, 0.25) is 0 Å². The van der Waals surface area contributed by atoms with Crippen LogP contribution in [-0.4, -0.2) is 41.2 Å². The number of nitrogens with zero attached hydrogens (tertiary/aromatic N) is 3. The predicted octanol–water partition coefficient (Wildman–Crippen LogP) is 5.56. The van der Waals surface area contributed by atoms with Gasteiger partial charge in [-0.1, -0.05) is 32.8 Å². The average molecular weight is 376 g/mol. The van der Waals surface area contributed by atoms with Crippen LogP contribution in [0.1, 0.15) is 84.7 Å². The molecule has 0 aromatic carbocycles. The van der Waals surface area contributed by atoms with Crippen molar-refractivity contribution in [2.45, 2.75) is 84.8 Å². The van der Waals surface area contributed by atoms with Crippen LogP contribution in [0, 0.1) is 0 Å². The molecule has 5 heteroatoms. The number of rotatable bonds is 7. The number of carbonyl (C=O) groups excluding carboxylic acids is 1. The second-order valence-corrected chi connectivity index (χ2v) is 8.45. The Balaban J connectivity index is 2.34. The molecule has 27 heavy (non-hydrogen) atoms. The van der Waals surface area contributed by atoms with E-state index in [9.17, 15) is 4.79 Å². The molecule has 1 aromatic rings. The van der Waals surface area contributed by atoms with Crippen molar-refractivity contribution in [3.63, 3.8) is 0 Å². The zero-order valence-electron chi connectivity index (χ0n) is 17.8. The van der Waals surface area contributed by atoms with Crippen LogP contribution in [-0.2, 0) is 4.74 Å². The summed E-state index contributed by atoms with van der Waals surface area (Å²) in [5, 5.41) is 0. The summed E-state index contributed by atoms with van der Waals surface area (Å²) < 4.78 is 5.67. The molecule has 0 N–H and O–H groups in total. The van der Waals surface area contributed by atoms with E-state index in [0.717, 1.165) is 37.3 Å². The van der Waals surface area contributed by atoms with Crippen LogP contribution in [0.25, 0.3) is 0 Å². The molecule has 1 atom stereocenters. The van der Waals surface area contributed by atoms with Crippen molar-refractivity contribution >= 4 is 11.9 Å². The molecule has 2 heterocycles. The number of piperidine rings is 1. The van der Waals surface area contributed by atoms with Crippen molar-refractivity contribution < 1.29 is 9.53 Å². The number of anilines is 1. The minimum atomic E-state index is -0.518. The first kappa shape index (κ1) is 21.7. The molecule has 0 aliphatic carbocycles. The van der Waals surface area contributed by atoms with Gasteiger partial charge in [0, 0.05) is 24.3 Å². The lowest BCUT2D eigenvalue weighted by atomic mass is 9.95. The Bertz CT molecular complexity index is 597. The lowest BCUT2D eigenvalue weighted by Crippen LogP contribution is -2.40. The molecule has 1 aliphatic heterocycles. The third-order valence-corrected chi connectivity index (χ3v) is 4.91. The van der Waals surface area contributed by atoms with Crippen molar-refractivity contribution in [1.29, 1.82) is 0 Å². The van der Waals surface area contributed by atoms with Crippen molar-refractivity contribution in [2.75, 3.05) is 24.5 Å². The lowest BCUT2D eigenvalue weighted by Gasteiger charge is -2.38. The Morgan fingerprint density at radius 3 is 2.74 bits per heavy atom. The molecule has 1 aliphatic rings. The molecule has 0 radical (unpaired) electrons. The molecule has 1 saturated heterocycles. The van der Waals surface area contributed by atoms with Gasteiger partial charge in [-0.05, 0) is 65.6 Å². The molecule has 1 amide bonds. The highest BCUT2D eigenvalue weighted by molar-refractivity contribution is 5.87. The maximum Gasteiger partial charge on any atom is 0.416 e. The van der Waals surface area contributed by atoms with Gasteiger partial charge in [-0.2, -0.15) is 0 Å². The normalized spacial score (nSPS) is 18.3. The SMILES string of the molecule is CCCCN1CCCCC1c1cccnc1N(CCC)C(=O)OC(C)(C)C. The third-order valence-electron chi connectivity index (χ3n) is 4.91. The number of hydrogen-bond donors (Lipinski definition) is 0. The van der Waals surface area contributed by atoms with Gasteiger partial charge in [-0.3, -0.25) is 9.80 Å². The van der Waals surface area contributed by atoms with Gasteiger partial charge in [0.05, 0.1) is 0 Å². The number of amides is 1. The quantitative estimate of drug-likeness (QED) is 0.626. The Labute approximate surface area is 165 Å². The second-order valence-electron chi connectivity index (χ2n) is 8.45. The number of hydrogen-bond acceptors (Lipinski definition) is 4. The molecule has 0 bridgehead atoms. The van der Waals surface area contributed by atoms with E-state index in [1.165, 1.54) is 25.7 Å². The number of carbonyl (C=O) groups is 1. The number of unbranched alkanes of at least 4 members (excludes halogenated alkanes) is 1. The van der Waals surface area contributed by atoms with E-state index in [1.54, 1.807) is 11.1 Å². The summed E-state index contributed by atoms with van der Waals surface area (Å²) in [6.07, 6.45) is 8.34. The summed E-state index contributed by atoms with van der Waals surface area (Å²) in [5.41, 5.74) is 0.642. The topological polar surface area (TPSA) is 45.7 Å². The maximum absolute atomic E-state index is 12.9. The smallest absolute Gasteiger partial charge is 0.416 e. The van der Waals surface area contributed by atoms with Gasteiger partial charge >= 0.3 is 6.09 Å². The van der Waals surface area contributed by atoms with E-state index in [-0.39, 0.29) is 6.09 Å². The largest absolute Gasteiger partial charge is 0.443 e. The van der Waals surface area contributed by atoms with Crippen LogP contribution in [0.4, 0.5) is 10.6 Å². The summed E-state index contributed by atoms with van der Waals surface area (Å²) >= 11 is 0. The average Bonchev–Trinajstić information content (AvgIpc) is 2.63. The van der Waals surface area contributed by atoms with E-state index in [4.69, 9.17) is 4.74 Å². The first-order chi connectivity index (χ1) is 12.9. The van der Waals surface area contributed by atoms with Crippen molar-refractivity contribution in [3.8, 4) is 0 Å². The number of pyridine rings is 1. The minimum Gasteiger partial charge on any atom is -0.443 e. The van der Waals surface area contributed by atoms with E-state index in [2.05, 4.69) is 29.8 Å². The van der Waals surface area contributed by atoms with Crippen LogP contribution in [0.5, 0.6) is 0 Å². The molecule has 2 rings (SSSR count). The van der Waals surface area contributed by atoms with Gasteiger partial charge in [0.15, 0.2) is 0 Å². The van der Waals surface area contributed by atoms with Crippen LogP contribution in [0.3, 0.4) is 0 Å². The zero-order valence-corrected chi connectivity index (χ0v) is 17.8. The van der Waals surface area contributed by atoms with Crippen molar-refractivity contribution in [1.82, 2.24) is 9.88 Å². The Hall–Kier alpha value is -1.62. The van der Waals surface area contributed by atoms with E-state index in [0.29, 0.717) is 12.6 Å². The van der Waals surface area contributed by atoms with Crippen LogP contribution >= 0.6 is 0 Å². The summed E-state index contributed by atoms with van der Waals surface area (Å²) in [7, 11) is 0. The third kappa shape index (κ3) is 6.20. The molecule has 1 aromatic heterocycles. The van der Waals surface area contributed by atoms with Crippen LogP contribution < -0.4 is 4.90 Å². The summed E-state index contributed by atoms with van der Waals surface area (Å²) in [6.45, 7) is 12.9. The summed E-state index contributed by atoms with van der Waals surface area (Å²) in [6, 6.07) is 4.46. The second kappa shape index (κ2) is 10.1. The molecular weight excluding hydrogens is 338 g/mol. The first-order valence-corrected chi connectivity index (χ1v) is 10.6. The number of aromatic nitrogens is 1. The fourth-order valence-corrected chi connectivity index (χ4v) is 3.69. The van der Waals surface area contributed by atoms with Gasteiger partial charge in [0.2, 0.25) is 0 Å². The molecule has 1 unspecified atom stereocenters. The molecule has 0 spiro atoms. The minimum absolute atomic E-state index is 0.305. The number of likely N-dealkylation sites (tertiary alicyclic amines) is 1. The molecule has 152 valence electrons.